The molecule has 0 spiro atoms. The summed E-state index contributed by atoms with van der Waals surface area (Å²) in [6.07, 6.45) is 38.9. The van der Waals surface area contributed by atoms with E-state index in [-0.39, 0.29) is 11.9 Å². The Labute approximate surface area is 233 Å². The van der Waals surface area contributed by atoms with Gasteiger partial charge >= 0.3 is 5.97 Å². The molecule has 1 N–H and O–H groups in total. The van der Waals surface area contributed by atoms with Gasteiger partial charge in [-0.1, -0.05) is 167 Å². The molecule has 1 heterocycles. The molecule has 1 saturated heterocycles. The van der Waals surface area contributed by atoms with Gasteiger partial charge in [0.05, 0.1) is 12.5 Å². The number of carbonyl (C=O) groups excluding carboxylic acids is 1. The number of rotatable bonds is 28. The Bertz CT molecular complexity index is 461. The third-order valence-electron chi connectivity index (χ3n) is 8.37. The second kappa shape index (κ2) is 28.4. The normalized spacial score (nSPS) is 15.8. The average Bonchev–Trinajstić information content (AvgIpc) is 2.93. The van der Waals surface area contributed by atoms with Crippen molar-refractivity contribution in [3.05, 3.63) is 0 Å². The van der Waals surface area contributed by atoms with Crippen molar-refractivity contribution in [3.8, 4) is 0 Å². The fourth-order valence-electron chi connectivity index (χ4n) is 5.76. The predicted molar refractivity (Wildman–Crippen MR) is 162 cm³/mol. The van der Waals surface area contributed by atoms with Gasteiger partial charge in [-0.3, -0.25) is 4.79 Å². The number of unbranched alkanes of at least 4 members (excludes halogenated alkanes) is 25. The van der Waals surface area contributed by atoms with Crippen molar-refractivity contribution < 1.29 is 9.53 Å². The van der Waals surface area contributed by atoms with Gasteiger partial charge in [0.25, 0.3) is 0 Å². The summed E-state index contributed by atoms with van der Waals surface area (Å²) in [6.45, 7) is 4.77. The SMILES string of the molecule is CCCCCCCCCCCCCCCCCCCCCCCCCCCCOC(=O)C1CCCNC1. The lowest BCUT2D eigenvalue weighted by Gasteiger charge is -2.21. The number of nitrogens with one attached hydrogen (secondary N) is 1. The lowest BCUT2D eigenvalue weighted by molar-refractivity contribution is -0.149. The molecule has 37 heavy (non-hydrogen) atoms. The molecule has 0 aliphatic carbocycles. The van der Waals surface area contributed by atoms with Gasteiger partial charge in [0.1, 0.15) is 0 Å². The van der Waals surface area contributed by atoms with Gasteiger partial charge in [-0.25, -0.2) is 0 Å². The molecule has 3 nitrogen and oxygen atoms in total. The standard InChI is InChI=1S/C34H67NO2/c1-2-3-4-5-6-7-8-9-10-11-12-13-14-15-16-17-18-19-20-21-22-23-24-25-26-27-31-37-34(36)33-29-28-30-35-32-33/h33,35H,2-32H2,1H3. The van der Waals surface area contributed by atoms with Crippen LogP contribution in [0.4, 0.5) is 0 Å². The number of esters is 1. The Morgan fingerprint density at radius 2 is 0.919 bits per heavy atom. The number of carbonyl (C=O) groups is 1. The lowest BCUT2D eigenvalue weighted by Crippen LogP contribution is -2.35. The van der Waals surface area contributed by atoms with E-state index >= 15 is 0 Å². The van der Waals surface area contributed by atoms with Crippen LogP contribution >= 0.6 is 0 Å². The topological polar surface area (TPSA) is 38.3 Å². The van der Waals surface area contributed by atoms with E-state index in [0.29, 0.717) is 6.61 Å². The number of piperidine rings is 1. The van der Waals surface area contributed by atoms with E-state index in [9.17, 15) is 4.79 Å². The molecule has 1 rings (SSSR count). The highest BCUT2D eigenvalue weighted by Gasteiger charge is 2.21. The summed E-state index contributed by atoms with van der Waals surface area (Å²) in [5.74, 6) is 0.115. The van der Waals surface area contributed by atoms with Gasteiger partial charge in [0, 0.05) is 6.54 Å². The van der Waals surface area contributed by atoms with Crippen LogP contribution in [0.3, 0.4) is 0 Å². The van der Waals surface area contributed by atoms with Crippen molar-refractivity contribution in [2.75, 3.05) is 19.7 Å². The molecule has 1 unspecified atom stereocenters. The molecule has 1 aliphatic rings. The van der Waals surface area contributed by atoms with Crippen molar-refractivity contribution in [1.82, 2.24) is 5.32 Å². The van der Waals surface area contributed by atoms with Crippen LogP contribution in [0.5, 0.6) is 0 Å². The summed E-state index contributed by atoms with van der Waals surface area (Å²) < 4.78 is 5.46. The van der Waals surface area contributed by atoms with E-state index in [1.807, 2.05) is 0 Å². The smallest absolute Gasteiger partial charge is 0.310 e. The molecule has 0 amide bonds. The monoisotopic (exact) mass is 522 g/mol. The predicted octanol–water partition coefficient (Wildman–Crippen LogP) is 10.7. The van der Waals surface area contributed by atoms with Crippen LogP contribution in [0, 0.1) is 5.92 Å². The maximum atomic E-state index is 12.0. The average molecular weight is 522 g/mol. The second-order valence-electron chi connectivity index (χ2n) is 12.0. The summed E-state index contributed by atoms with van der Waals surface area (Å²) in [6, 6.07) is 0. The third-order valence-corrected chi connectivity index (χ3v) is 8.37. The second-order valence-corrected chi connectivity index (χ2v) is 12.0. The highest BCUT2D eigenvalue weighted by atomic mass is 16.5. The van der Waals surface area contributed by atoms with E-state index in [1.165, 1.54) is 161 Å². The van der Waals surface area contributed by atoms with E-state index in [2.05, 4.69) is 12.2 Å². The van der Waals surface area contributed by atoms with E-state index < -0.39 is 0 Å². The zero-order valence-electron chi connectivity index (χ0n) is 25.3. The molecular formula is C34H67NO2. The van der Waals surface area contributed by atoms with Crippen LogP contribution in [0.15, 0.2) is 0 Å². The molecular weight excluding hydrogens is 454 g/mol. The minimum absolute atomic E-state index is 0.0202. The van der Waals surface area contributed by atoms with Crippen molar-refractivity contribution in [3.63, 3.8) is 0 Å². The Kier molecular flexibility index (Phi) is 26.5. The molecule has 220 valence electrons. The van der Waals surface area contributed by atoms with Crippen molar-refractivity contribution in [1.29, 1.82) is 0 Å². The summed E-state index contributed by atoms with van der Waals surface area (Å²) in [5.41, 5.74) is 0. The van der Waals surface area contributed by atoms with Crippen LogP contribution in [-0.4, -0.2) is 25.7 Å². The molecule has 0 aromatic rings. The molecule has 0 aromatic carbocycles. The van der Waals surface area contributed by atoms with E-state index in [4.69, 9.17) is 4.74 Å². The Hall–Kier alpha value is -0.570. The zero-order valence-corrected chi connectivity index (χ0v) is 25.3. The van der Waals surface area contributed by atoms with Gasteiger partial charge in [-0.2, -0.15) is 0 Å². The van der Waals surface area contributed by atoms with Crippen molar-refractivity contribution in [2.45, 2.75) is 187 Å². The van der Waals surface area contributed by atoms with Crippen molar-refractivity contribution in [2.24, 2.45) is 5.92 Å². The molecule has 0 saturated carbocycles. The quantitative estimate of drug-likeness (QED) is 0.0821. The number of hydrogen-bond acceptors (Lipinski definition) is 3. The van der Waals surface area contributed by atoms with Gasteiger partial charge in [-0.15, -0.1) is 0 Å². The van der Waals surface area contributed by atoms with Crippen LogP contribution in [0.2, 0.25) is 0 Å². The fourth-order valence-corrected chi connectivity index (χ4v) is 5.76. The summed E-state index contributed by atoms with van der Waals surface area (Å²) >= 11 is 0. The van der Waals surface area contributed by atoms with Crippen molar-refractivity contribution >= 4 is 5.97 Å². The number of hydrogen-bond donors (Lipinski definition) is 1. The van der Waals surface area contributed by atoms with Crippen LogP contribution in [0.1, 0.15) is 187 Å². The minimum Gasteiger partial charge on any atom is -0.465 e. The van der Waals surface area contributed by atoms with Crippen LogP contribution in [-0.2, 0) is 9.53 Å². The maximum absolute atomic E-state index is 12.0. The molecule has 0 aromatic heterocycles. The first-order valence-electron chi connectivity index (χ1n) is 17.2. The fraction of sp³-hybridized carbons (Fsp3) is 0.971. The summed E-state index contributed by atoms with van der Waals surface area (Å²) in [5, 5.41) is 3.29. The molecule has 0 bridgehead atoms. The highest BCUT2D eigenvalue weighted by molar-refractivity contribution is 5.72. The summed E-state index contributed by atoms with van der Waals surface area (Å²) in [4.78, 5) is 12.0. The lowest BCUT2D eigenvalue weighted by atomic mass is 10.0. The first kappa shape index (κ1) is 34.5. The van der Waals surface area contributed by atoms with Gasteiger partial charge in [-0.05, 0) is 25.8 Å². The summed E-state index contributed by atoms with van der Waals surface area (Å²) in [7, 11) is 0. The Morgan fingerprint density at radius 3 is 1.24 bits per heavy atom. The van der Waals surface area contributed by atoms with Gasteiger partial charge < -0.3 is 10.1 Å². The molecule has 1 fully saturated rings. The molecule has 1 aliphatic heterocycles. The third kappa shape index (κ3) is 24.2. The minimum atomic E-state index is 0.0202. The largest absolute Gasteiger partial charge is 0.465 e. The molecule has 1 atom stereocenters. The molecule has 0 radical (unpaired) electrons. The van der Waals surface area contributed by atoms with Gasteiger partial charge in [0.15, 0.2) is 0 Å². The maximum Gasteiger partial charge on any atom is 0.310 e. The van der Waals surface area contributed by atoms with E-state index in [0.717, 1.165) is 32.4 Å². The first-order chi connectivity index (χ1) is 18.3. The first-order valence-corrected chi connectivity index (χ1v) is 17.2. The highest BCUT2D eigenvalue weighted by Crippen LogP contribution is 2.16. The van der Waals surface area contributed by atoms with Gasteiger partial charge in [0.2, 0.25) is 0 Å². The Morgan fingerprint density at radius 1 is 0.568 bits per heavy atom. The van der Waals surface area contributed by atoms with Crippen LogP contribution in [0.25, 0.3) is 0 Å². The Balaban J connectivity index is 1.64. The molecule has 3 heteroatoms. The number of ether oxygens (including phenoxy) is 1. The van der Waals surface area contributed by atoms with E-state index in [1.54, 1.807) is 0 Å². The zero-order chi connectivity index (χ0) is 26.5. The van der Waals surface area contributed by atoms with Crippen LogP contribution < -0.4 is 5.32 Å².